The molecule has 2 N–H and O–H groups in total. The predicted molar refractivity (Wildman–Crippen MR) is 52.9 cm³/mol. The van der Waals surface area contributed by atoms with Crippen LogP contribution in [0, 0.1) is 3.57 Å². The van der Waals surface area contributed by atoms with Crippen LogP contribution in [-0.4, -0.2) is 12.1 Å². The molecule has 1 aromatic heterocycles. The molecule has 6 heteroatoms. The van der Waals surface area contributed by atoms with Crippen LogP contribution in [0.3, 0.4) is 0 Å². The molecule has 0 aliphatic rings. The van der Waals surface area contributed by atoms with Gasteiger partial charge in [-0.15, -0.1) is 0 Å². The molecule has 0 spiro atoms. The molecular weight excluding hydrogens is 293 g/mol. The molecule has 72 valence electrons. The first kappa shape index (κ1) is 10.4. The summed E-state index contributed by atoms with van der Waals surface area (Å²) in [5.74, 6) is 0.171. The Morgan fingerprint density at radius 1 is 1.62 bits per heavy atom. The molecule has 1 heterocycles. The van der Waals surface area contributed by atoms with Crippen LogP contribution in [0.1, 0.15) is 12.0 Å². The smallest absolute Gasteiger partial charge is 0.267 e. The fraction of sp³-hybridized carbons (Fsp3) is 0.286. The highest BCUT2D eigenvalue weighted by Gasteiger charge is 2.19. The highest BCUT2D eigenvalue weighted by Crippen LogP contribution is 2.33. The lowest BCUT2D eigenvalue weighted by Crippen LogP contribution is -2.02. The number of methoxy groups -OCH3 is 1. The summed E-state index contributed by atoms with van der Waals surface area (Å²) in [5, 5.41) is 0. The van der Waals surface area contributed by atoms with Crippen molar-refractivity contribution in [2.45, 2.75) is 6.43 Å². The standard InChI is InChI=1S/C7H7F2IN2O/c1-13-7-5(10)4(6(8)9)3(11)2-12-7/h2,6H,11H2,1H3. The van der Waals surface area contributed by atoms with Gasteiger partial charge in [-0.05, 0) is 22.6 Å². The molecular formula is C7H7F2IN2O. The van der Waals surface area contributed by atoms with Crippen LogP contribution in [0.2, 0.25) is 0 Å². The first-order valence-corrected chi connectivity index (χ1v) is 4.41. The number of ether oxygens (including phenoxy) is 1. The number of pyridine rings is 1. The van der Waals surface area contributed by atoms with Crippen LogP contribution in [0.15, 0.2) is 6.20 Å². The van der Waals surface area contributed by atoms with Crippen LogP contribution < -0.4 is 10.5 Å². The molecule has 3 nitrogen and oxygen atoms in total. The van der Waals surface area contributed by atoms with Gasteiger partial charge in [-0.1, -0.05) is 0 Å². The highest BCUT2D eigenvalue weighted by atomic mass is 127. The van der Waals surface area contributed by atoms with Crippen molar-refractivity contribution in [3.05, 3.63) is 15.3 Å². The minimum absolute atomic E-state index is 0.0137. The second kappa shape index (κ2) is 4.03. The van der Waals surface area contributed by atoms with E-state index in [0.717, 1.165) is 0 Å². The molecule has 13 heavy (non-hydrogen) atoms. The third-order valence-corrected chi connectivity index (χ3v) is 2.51. The fourth-order valence-electron chi connectivity index (χ4n) is 0.860. The van der Waals surface area contributed by atoms with E-state index in [0.29, 0.717) is 0 Å². The van der Waals surface area contributed by atoms with Gasteiger partial charge in [0.2, 0.25) is 5.88 Å². The Bertz CT molecular complexity index is 320. The molecule has 0 atom stereocenters. The number of hydrogen-bond donors (Lipinski definition) is 1. The minimum atomic E-state index is -2.61. The Morgan fingerprint density at radius 2 is 2.23 bits per heavy atom. The van der Waals surface area contributed by atoms with Gasteiger partial charge in [0.15, 0.2) is 0 Å². The van der Waals surface area contributed by atoms with E-state index in [2.05, 4.69) is 4.98 Å². The lowest BCUT2D eigenvalue weighted by atomic mass is 10.2. The molecule has 0 saturated heterocycles. The van der Waals surface area contributed by atoms with E-state index in [1.807, 2.05) is 0 Å². The zero-order valence-corrected chi connectivity index (χ0v) is 8.88. The van der Waals surface area contributed by atoms with Crippen molar-refractivity contribution in [2.24, 2.45) is 0 Å². The van der Waals surface area contributed by atoms with Crippen molar-refractivity contribution in [1.29, 1.82) is 0 Å². The SMILES string of the molecule is COc1ncc(N)c(C(F)F)c1I. The molecule has 0 bridgehead atoms. The summed E-state index contributed by atoms with van der Waals surface area (Å²) in [6.07, 6.45) is -1.44. The predicted octanol–water partition coefficient (Wildman–Crippen LogP) is 2.21. The van der Waals surface area contributed by atoms with E-state index in [1.165, 1.54) is 13.3 Å². The quantitative estimate of drug-likeness (QED) is 0.852. The van der Waals surface area contributed by atoms with Gasteiger partial charge in [-0.3, -0.25) is 0 Å². The summed E-state index contributed by atoms with van der Waals surface area (Å²) in [4.78, 5) is 3.75. The van der Waals surface area contributed by atoms with Crippen molar-refractivity contribution < 1.29 is 13.5 Å². The number of alkyl halides is 2. The highest BCUT2D eigenvalue weighted by molar-refractivity contribution is 14.1. The molecule has 0 aliphatic heterocycles. The maximum atomic E-state index is 12.4. The average Bonchev–Trinajstić information content (AvgIpc) is 2.04. The van der Waals surface area contributed by atoms with Gasteiger partial charge in [0, 0.05) is 0 Å². The minimum Gasteiger partial charge on any atom is -0.480 e. The Morgan fingerprint density at radius 3 is 2.69 bits per heavy atom. The van der Waals surface area contributed by atoms with Gasteiger partial charge < -0.3 is 10.5 Å². The van der Waals surface area contributed by atoms with Crippen molar-refractivity contribution in [1.82, 2.24) is 4.98 Å². The van der Waals surface area contributed by atoms with Crippen LogP contribution >= 0.6 is 22.6 Å². The van der Waals surface area contributed by atoms with Crippen LogP contribution in [0.25, 0.3) is 0 Å². The van der Waals surface area contributed by atoms with Crippen LogP contribution in [0.5, 0.6) is 5.88 Å². The van der Waals surface area contributed by atoms with Gasteiger partial charge in [0.1, 0.15) is 0 Å². The Labute approximate surface area is 87.4 Å². The number of rotatable bonds is 2. The number of nitrogen functional groups attached to an aromatic ring is 1. The average molecular weight is 300 g/mol. The molecule has 0 amide bonds. The molecule has 1 aromatic rings. The molecule has 0 radical (unpaired) electrons. The zero-order chi connectivity index (χ0) is 10.0. The van der Waals surface area contributed by atoms with Crippen LogP contribution in [0.4, 0.5) is 14.5 Å². The van der Waals surface area contributed by atoms with Gasteiger partial charge in [-0.25, -0.2) is 13.8 Å². The van der Waals surface area contributed by atoms with Crippen LogP contribution in [-0.2, 0) is 0 Å². The first-order chi connectivity index (χ1) is 6.07. The number of nitrogens with zero attached hydrogens (tertiary/aromatic N) is 1. The van der Waals surface area contributed by atoms with Crippen molar-refractivity contribution in [3.8, 4) is 5.88 Å². The fourth-order valence-corrected chi connectivity index (χ4v) is 1.77. The van der Waals surface area contributed by atoms with E-state index in [1.54, 1.807) is 22.6 Å². The number of halogens is 3. The summed E-state index contributed by atoms with van der Waals surface area (Å²) in [7, 11) is 1.37. The van der Waals surface area contributed by atoms with Crippen molar-refractivity contribution in [3.63, 3.8) is 0 Å². The van der Waals surface area contributed by atoms with Gasteiger partial charge in [-0.2, -0.15) is 0 Å². The molecule has 0 fully saturated rings. The zero-order valence-electron chi connectivity index (χ0n) is 6.72. The molecule has 0 saturated carbocycles. The maximum absolute atomic E-state index is 12.4. The van der Waals surface area contributed by atoms with Gasteiger partial charge >= 0.3 is 0 Å². The lowest BCUT2D eigenvalue weighted by molar-refractivity contribution is 0.150. The largest absolute Gasteiger partial charge is 0.480 e. The Kier molecular flexibility index (Phi) is 3.23. The summed E-state index contributed by atoms with van der Waals surface area (Å²) in [6, 6.07) is 0. The summed E-state index contributed by atoms with van der Waals surface area (Å²) in [5.41, 5.74) is 5.11. The van der Waals surface area contributed by atoms with Crippen molar-refractivity contribution >= 4 is 28.3 Å². The van der Waals surface area contributed by atoms with Gasteiger partial charge in [0.25, 0.3) is 6.43 Å². The van der Waals surface area contributed by atoms with Gasteiger partial charge in [0.05, 0.1) is 28.1 Å². The summed E-state index contributed by atoms with van der Waals surface area (Å²) < 4.78 is 29.9. The second-order valence-electron chi connectivity index (χ2n) is 2.25. The monoisotopic (exact) mass is 300 g/mol. The number of hydrogen-bond acceptors (Lipinski definition) is 3. The number of anilines is 1. The van der Waals surface area contributed by atoms with Crippen molar-refractivity contribution in [2.75, 3.05) is 12.8 Å². The molecule has 0 unspecified atom stereocenters. The number of nitrogens with two attached hydrogens (primary N) is 1. The summed E-state index contributed by atoms with van der Waals surface area (Å²) >= 11 is 1.73. The summed E-state index contributed by atoms with van der Waals surface area (Å²) in [6.45, 7) is 0. The second-order valence-corrected chi connectivity index (χ2v) is 3.33. The normalized spacial score (nSPS) is 10.5. The Balaban J connectivity index is 3.30. The topological polar surface area (TPSA) is 48.1 Å². The lowest BCUT2D eigenvalue weighted by Gasteiger charge is -2.09. The number of aromatic nitrogens is 1. The Hall–Kier alpha value is -0.660. The third-order valence-electron chi connectivity index (χ3n) is 1.47. The van der Waals surface area contributed by atoms with E-state index in [4.69, 9.17) is 10.5 Å². The molecule has 0 aromatic carbocycles. The first-order valence-electron chi connectivity index (χ1n) is 3.34. The maximum Gasteiger partial charge on any atom is 0.267 e. The van der Waals surface area contributed by atoms with E-state index in [-0.39, 0.29) is 20.7 Å². The molecule has 0 aliphatic carbocycles. The molecule has 1 rings (SSSR count). The van der Waals surface area contributed by atoms with E-state index < -0.39 is 6.43 Å². The third kappa shape index (κ3) is 1.98. The van der Waals surface area contributed by atoms with E-state index in [9.17, 15) is 8.78 Å². The van der Waals surface area contributed by atoms with E-state index >= 15 is 0 Å².